The third kappa shape index (κ3) is 4.43. The molecule has 0 saturated heterocycles. The molecular formula is C19H19N3O2. The first-order chi connectivity index (χ1) is 11.5. The van der Waals surface area contributed by atoms with Crippen molar-refractivity contribution in [3.8, 4) is 6.07 Å². The second-order valence-electron chi connectivity index (χ2n) is 5.46. The Kier molecular flexibility index (Phi) is 5.69. The van der Waals surface area contributed by atoms with Crippen LogP contribution in [-0.4, -0.2) is 18.4 Å². The first kappa shape index (κ1) is 17.2. The molecular weight excluding hydrogens is 302 g/mol. The SMILES string of the molecule is CC(=O)N(CCC(=O)Nc1ccccc1C#N)c1ccc(C)cc1. The number of benzene rings is 2. The van der Waals surface area contributed by atoms with Crippen LogP contribution in [0.25, 0.3) is 0 Å². The number of carbonyl (C=O) groups excluding carboxylic acids is 2. The van der Waals surface area contributed by atoms with Gasteiger partial charge in [-0.05, 0) is 31.2 Å². The quantitative estimate of drug-likeness (QED) is 0.918. The van der Waals surface area contributed by atoms with E-state index in [1.165, 1.54) is 6.92 Å². The van der Waals surface area contributed by atoms with Crippen LogP contribution in [-0.2, 0) is 9.59 Å². The van der Waals surface area contributed by atoms with Crippen molar-refractivity contribution in [2.45, 2.75) is 20.3 Å². The lowest BCUT2D eigenvalue weighted by molar-refractivity contribution is -0.117. The molecule has 0 bridgehead atoms. The first-order valence-corrected chi connectivity index (χ1v) is 7.65. The third-order valence-electron chi connectivity index (χ3n) is 3.61. The summed E-state index contributed by atoms with van der Waals surface area (Å²) in [7, 11) is 0. The Morgan fingerprint density at radius 2 is 1.79 bits per heavy atom. The van der Waals surface area contributed by atoms with E-state index in [1.54, 1.807) is 29.2 Å². The predicted octanol–water partition coefficient (Wildman–Crippen LogP) is 3.25. The molecule has 0 atom stereocenters. The molecule has 2 aromatic carbocycles. The molecule has 24 heavy (non-hydrogen) atoms. The fraction of sp³-hybridized carbons (Fsp3) is 0.211. The monoisotopic (exact) mass is 321 g/mol. The molecule has 0 fully saturated rings. The van der Waals surface area contributed by atoms with Crippen LogP contribution in [0.1, 0.15) is 24.5 Å². The van der Waals surface area contributed by atoms with Crippen LogP contribution in [0.4, 0.5) is 11.4 Å². The van der Waals surface area contributed by atoms with Crippen molar-refractivity contribution in [1.29, 1.82) is 5.26 Å². The van der Waals surface area contributed by atoms with Crippen LogP contribution in [0, 0.1) is 18.3 Å². The molecule has 2 aromatic rings. The molecule has 2 amide bonds. The normalized spacial score (nSPS) is 9.88. The van der Waals surface area contributed by atoms with Gasteiger partial charge in [0.25, 0.3) is 0 Å². The number of nitriles is 1. The van der Waals surface area contributed by atoms with E-state index < -0.39 is 0 Å². The summed E-state index contributed by atoms with van der Waals surface area (Å²) in [6.07, 6.45) is 0.146. The predicted molar refractivity (Wildman–Crippen MR) is 93.6 cm³/mol. The van der Waals surface area contributed by atoms with Gasteiger partial charge in [-0.3, -0.25) is 9.59 Å². The van der Waals surface area contributed by atoms with Crippen LogP contribution in [0.15, 0.2) is 48.5 Å². The van der Waals surface area contributed by atoms with Gasteiger partial charge in [0, 0.05) is 25.6 Å². The van der Waals surface area contributed by atoms with Gasteiger partial charge in [0.05, 0.1) is 11.3 Å². The molecule has 1 N–H and O–H groups in total. The summed E-state index contributed by atoms with van der Waals surface area (Å²) in [5.74, 6) is -0.361. The van der Waals surface area contributed by atoms with E-state index in [0.29, 0.717) is 11.3 Å². The minimum Gasteiger partial charge on any atom is -0.325 e. The molecule has 0 unspecified atom stereocenters. The van der Waals surface area contributed by atoms with Crippen LogP contribution in [0.3, 0.4) is 0 Å². The Balaban J connectivity index is 2.02. The van der Waals surface area contributed by atoms with E-state index in [-0.39, 0.29) is 24.8 Å². The number of para-hydroxylation sites is 1. The lowest BCUT2D eigenvalue weighted by Gasteiger charge is -2.21. The van der Waals surface area contributed by atoms with Gasteiger partial charge < -0.3 is 10.2 Å². The second-order valence-corrected chi connectivity index (χ2v) is 5.46. The molecule has 0 aliphatic heterocycles. The van der Waals surface area contributed by atoms with Crippen molar-refractivity contribution >= 4 is 23.2 Å². The minimum absolute atomic E-state index is 0.121. The van der Waals surface area contributed by atoms with Crippen molar-refractivity contribution in [2.75, 3.05) is 16.8 Å². The zero-order valence-corrected chi connectivity index (χ0v) is 13.7. The number of nitrogens with zero attached hydrogens (tertiary/aromatic N) is 2. The third-order valence-corrected chi connectivity index (χ3v) is 3.61. The van der Waals surface area contributed by atoms with Gasteiger partial charge in [0.2, 0.25) is 11.8 Å². The van der Waals surface area contributed by atoms with E-state index in [2.05, 4.69) is 5.32 Å². The maximum atomic E-state index is 12.1. The minimum atomic E-state index is -0.240. The zero-order chi connectivity index (χ0) is 17.5. The maximum absolute atomic E-state index is 12.1. The fourth-order valence-electron chi connectivity index (χ4n) is 2.31. The van der Waals surface area contributed by atoms with Gasteiger partial charge in [-0.15, -0.1) is 0 Å². The van der Waals surface area contributed by atoms with Gasteiger partial charge in [0.15, 0.2) is 0 Å². The summed E-state index contributed by atoms with van der Waals surface area (Å²) in [5, 5.41) is 11.8. The number of nitrogens with one attached hydrogen (secondary N) is 1. The number of hydrogen-bond acceptors (Lipinski definition) is 3. The molecule has 5 heteroatoms. The van der Waals surface area contributed by atoms with E-state index >= 15 is 0 Å². The average Bonchev–Trinajstić information content (AvgIpc) is 2.57. The number of rotatable bonds is 5. The molecule has 122 valence electrons. The van der Waals surface area contributed by atoms with Gasteiger partial charge in [-0.1, -0.05) is 29.8 Å². The topological polar surface area (TPSA) is 73.2 Å². The first-order valence-electron chi connectivity index (χ1n) is 7.65. The Hall–Kier alpha value is -3.13. The lowest BCUT2D eigenvalue weighted by atomic mass is 10.2. The van der Waals surface area contributed by atoms with Gasteiger partial charge in [-0.2, -0.15) is 5.26 Å². The molecule has 0 radical (unpaired) electrons. The number of hydrogen-bond donors (Lipinski definition) is 1. The largest absolute Gasteiger partial charge is 0.325 e. The van der Waals surface area contributed by atoms with Gasteiger partial charge in [-0.25, -0.2) is 0 Å². The Bertz CT molecular complexity index is 776. The standard InChI is InChI=1S/C19H19N3O2/c1-14-7-9-17(10-8-14)22(15(2)23)12-11-19(24)21-18-6-4-3-5-16(18)13-20/h3-10H,11-12H2,1-2H3,(H,21,24). The van der Waals surface area contributed by atoms with Crippen molar-refractivity contribution < 1.29 is 9.59 Å². The summed E-state index contributed by atoms with van der Waals surface area (Å²) < 4.78 is 0. The molecule has 0 aliphatic carbocycles. The van der Waals surface area contributed by atoms with Crippen molar-refractivity contribution in [1.82, 2.24) is 0 Å². The van der Waals surface area contributed by atoms with E-state index in [4.69, 9.17) is 5.26 Å². The summed E-state index contributed by atoms with van der Waals surface area (Å²) >= 11 is 0. The Morgan fingerprint density at radius 1 is 1.12 bits per heavy atom. The Morgan fingerprint density at radius 3 is 2.42 bits per heavy atom. The van der Waals surface area contributed by atoms with Crippen LogP contribution < -0.4 is 10.2 Å². The molecule has 0 heterocycles. The van der Waals surface area contributed by atoms with E-state index in [1.807, 2.05) is 37.3 Å². The second kappa shape index (κ2) is 7.93. The highest BCUT2D eigenvalue weighted by Crippen LogP contribution is 2.17. The highest BCUT2D eigenvalue weighted by atomic mass is 16.2. The van der Waals surface area contributed by atoms with Crippen molar-refractivity contribution in [2.24, 2.45) is 0 Å². The molecule has 0 aromatic heterocycles. The summed E-state index contributed by atoms with van der Waals surface area (Å²) in [6, 6.07) is 16.4. The zero-order valence-electron chi connectivity index (χ0n) is 13.7. The van der Waals surface area contributed by atoms with Gasteiger partial charge >= 0.3 is 0 Å². The van der Waals surface area contributed by atoms with Crippen molar-refractivity contribution in [3.63, 3.8) is 0 Å². The lowest BCUT2D eigenvalue weighted by Crippen LogP contribution is -2.32. The van der Waals surface area contributed by atoms with E-state index in [9.17, 15) is 9.59 Å². The average molecular weight is 321 g/mol. The number of aryl methyl sites for hydroxylation is 1. The Labute approximate surface area is 141 Å². The maximum Gasteiger partial charge on any atom is 0.226 e. The smallest absolute Gasteiger partial charge is 0.226 e. The summed E-state index contributed by atoms with van der Waals surface area (Å²) in [6.45, 7) is 3.73. The van der Waals surface area contributed by atoms with Crippen LogP contribution in [0.2, 0.25) is 0 Å². The molecule has 0 aliphatic rings. The van der Waals surface area contributed by atoms with E-state index in [0.717, 1.165) is 11.3 Å². The van der Waals surface area contributed by atoms with Gasteiger partial charge in [0.1, 0.15) is 6.07 Å². The van der Waals surface area contributed by atoms with Crippen molar-refractivity contribution in [3.05, 3.63) is 59.7 Å². The fourth-order valence-corrected chi connectivity index (χ4v) is 2.31. The summed E-state index contributed by atoms with van der Waals surface area (Å²) in [5.41, 5.74) is 2.76. The van der Waals surface area contributed by atoms with Crippen LogP contribution in [0.5, 0.6) is 0 Å². The number of carbonyl (C=O) groups is 2. The molecule has 5 nitrogen and oxygen atoms in total. The molecule has 0 saturated carbocycles. The summed E-state index contributed by atoms with van der Waals surface area (Å²) in [4.78, 5) is 25.6. The molecule has 2 rings (SSSR count). The number of amides is 2. The highest BCUT2D eigenvalue weighted by molar-refractivity contribution is 5.95. The number of anilines is 2. The molecule has 0 spiro atoms. The highest BCUT2D eigenvalue weighted by Gasteiger charge is 2.14. The van der Waals surface area contributed by atoms with Crippen LogP contribution >= 0.6 is 0 Å².